The Morgan fingerprint density at radius 1 is 1.03 bits per heavy atom. The van der Waals surface area contributed by atoms with Crippen LogP contribution in [-0.4, -0.2) is 19.3 Å². The van der Waals surface area contributed by atoms with Gasteiger partial charge in [-0.05, 0) is 36.2 Å². The van der Waals surface area contributed by atoms with Gasteiger partial charge in [0.2, 0.25) is 5.75 Å². The molecule has 176 valence electrons. The molecule has 2 heterocycles. The molecular weight excluding hydrogens is 456 g/mol. The van der Waals surface area contributed by atoms with Gasteiger partial charge in [-0.3, -0.25) is 9.36 Å². The molecule has 1 N–H and O–H groups in total. The Morgan fingerprint density at radius 3 is 2.29 bits per heavy atom. The van der Waals surface area contributed by atoms with Crippen LogP contribution in [0.15, 0.2) is 64.3 Å². The van der Waals surface area contributed by atoms with Crippen LogP contribution in [0.25, 0.3) is 11.1 Å². The minimum Gasteiger partial charge on any atom is -0.448 e. The molecule has 7 nitrogen and oxygen atoms in total. The van der Waals surface area contributed by atoms with Crippen molar-refractivity contribution in [2.75, 3.05) is 0 Å². The summed E-state index contributed by atoms with van der Waals surface area (Å²) in [6.45, 7) is 1.59. The smallest absolute Gasteiger partial charge is 0.420 e. The number of nitrogens with one attached hydrogen (secondary N) is 1. The molecule has 0 aliphatic rings. The molecule has 0 atom stereocenters. The number of alkyl halides is 3. The van der Waals surface area contributed by atoms with Crippen LogP contribution in [-0.2, 0) is 19.8 Å². The summed E-state index contributed by atoms with van der Waals surface area (Å²) < 4.78 is 62.8. The van der Waals surface area contributed by atoms with E-state index in [2.05, 4.69) is 10.2 Å². The van der Waals surface area contributed by atoms with Crippen molar-refractivity contribution in [3.05, 3.63) is 98.3 Å². The van der Waals surface area contributed by atoms with E-state index in [9.17, 15) is 27.2 Å². The van der Waals surface area contributed by atoms with Gasteiger partial charge in [-0.25, -0.2) is 14.3 Å². The molecule has 0 saturated carbocycles. The number of benzene rings is 2. The minimum atomic E-state index is -4.93. The molecule has 11 heteroatoms. The predicted octanol–water partition coefficient (Wildman–Crippen LogP) is 4.24. The van der Waals surface area contributed by atoms with Crippen molar-refractivity contribution in [2.45, 2.75) is 19.6 Å². The molecule has 0 aliphatic heterocycles. The lowest BCUT2D eigenvalue weighted by molar-refractivity contribution is -0.138. The average molecular weight is 474 g/mol. The summed E-state index contributed by atoms with van der Waals surface area (Å²) in [4.78, 5) is 24.4. The molecule has 0 bridgehead atoms. The number of aromatic amines is 1. The zero-order chi connectivity index (χ0) is 24.6. The van der Waals surface area contributed by atoms with Crippen LogP contribution in [0.5, 0.6) is 11.5 Å². The number of aromatic nitrogens is 4. The van der Waals surface area contributed by atoms with Crippen LogP contribution in [0.2, 0.25) is 0 Å². The third-order valence-corrected chi connectivity index (χ3v) is 5.24. The Labute approximate surface area is 189 Å². The van der Waals surface area contributed by atoms with E-state index >= 15 is 0 Å². The van der Waals surface area contributed by atoms with E-state index in [1.54, 1.807) is 12.1 Å². The molecule has 0 saturated heterocycles. The molecule has 0 amide bonds. The van der Waals surface area contributed by atoms with Crippen LogP contribution in [0.4, 0.5) is 17.6 Å². The first-order valence-corrected chi connectivity index (χ1v) is 10.00. The summed E-state index contributed by atoms with van der Waals surface area (Å²) in [5.74, 6) is -2.46. The number of halogens is 4. The molecule has 4 aromatic rings. The lowest BCUT2D eigenvalue weighted by Crippen LogP contribution is -2.26. The number of aryl methyl sites for hydroxylation is 1. The molecule has 0 radical (unpaired) electrons. The van der Waals surface area contributed by atoms with E-state index < -0.39 is 40.3 Å². The Bertz CT molecular complexity index is 1470. The molecular formula is C23H18F4N4O3. The van der Waals surface area contributed by atoms with E-state index in [1.165, 1.54) is 19.2 Å². The van der Waals surface area contributed by atoms with Gasteiger partial charge in [0.1, 0.15) is 5.56 Å². The maximum atomic E-state index is 14.8. The summed E-state index contributed by atoms with van der Waals surface area (Å²) in [6.07, 6.45) is -4.01. The predicted molar refractivity (Wildman–Crippen MR) is 115 cm³/mol. The van der Waals surface area contributed by atoms with E-state index in [-0.39, 0.29) is 12.4 Å². The van der Waals surface area contributed by atoms with Crippen molar-refractivity contribution in [1.29, 1.82) is 0 Å². The van der Waals surface area contributed by atoms with Crippen LogP contribution >= 0.6 is 0 Å². The van der Waals surface area contributed by atoms with Crippen molar-refractivity contribution >= 4 is 0 Å². The Hall–Kier alpha value is -4.15. The standard InChI is InChI=1S/C23H18F4N4O3/c1-13-3-5-14(6-4-13)15-7-8-18(17(24)11-15)34-20-16(23(25,26)27)9-10-31(21(20)32)12-19-28-29-22(33)30(19)2/h3-11H,12H2,1-2H3,(H,29,33). The van der Waals surface area contributed by atoms with Gasteiger partial charge in [-0.2, -0.15) is 18.3 Å². The quantitative estimate of drug-likeness (QED) is 0.439. The van der Waals surface area contributed by atoms with Crippen molar-refractivity contribution in [1.82, 2.24) is 19.3 Å². The van der Waals surface area contributed by atoms with Gasteiger partial charge < -0.3 is 9.30 Å². The Morgan fingerprint density at radius 2 is 1.71 bits per heavy atom. The SMILES string of the molecule is Cc1ccc(-c2ccc(Oc3c(C(F)(F)F)ccn(Cc4n[nH]c(=O)n4C)c3=O)c(F)c2)cc1. The number of hydrogen-bond acceptors (Lipinski definition) is 4. The summed E-state index contributed by atoms with van der Waals surface area (Å²) in [5.41, 5.74) is -0.857. The van der Waals surface area contributed by atoms with Crippen molar-refractivity contribution in [3.8, 4) is 22.6 Å². The molecule has 0 aliphatic carbocycles. The summed E-state index contributed by atoms with van der Waals surface area (Å²) >= 11 is 0. The first-order valence-electron chi connectivity index (χ1n) is 10.00. The fourth-order valence-electron chi connectivity index (χ4n) is 3.29. The highest BCUT2D eigenvalue weighted by Gasteiger charge is 2.37. The second-order valence-corrected chi connectivity index (χ2v) is 7.61. The molecule has 4 rings (SSSR count). The van der Waals surface area contributed by atoms with Gasteiger partial charge in [0.25, 0.3) is 5.56 Å². The highest BCUT2D eigenvalue weighted by atomic mass is 19.4. The number of rotatable bonds is 5. The first kappa shape index (κ1) is 23.0. The van der Waals surface area contributed by atoms with Crippen LogP contribution in [0.1, 0.15) is 17.0 Å². The van der Waals surface area contributed by atoms with Crippen molar-refractivity contribution in [3.63, 3.8) is 0 Å². The third kappa shape index (κ3) is 4.49. The highest BCUT2D eigenvalue weighted by molar-refractivity contribution is 5.64. The topological polar surface area (TPSA) is 81.9 Å². The number of pyridine rings is 1. The fourth-order valence-corrected chi connectivity index (χ4v) is 3.29. The zero-order valence-corrected chi connectivity index (χ0v) is 18.0. The van der Waals surface area contributed by atoms with Crippen LogP contribution in [0.3, 0.4) is 0 Å². The molecule has 2 aromatic heterocycles. The van der Waals surface area contributed by atoms with Crippen LogP contribution in [0, 0.1) is 12.7 Å². The van der Waals surface area contributed by atoms with E-state index in [0.29, 0.717) is 17.2 Å². The molecule has 0 fully saturated rings. The van der Waals surface area contributed by atoms with Gasteiger partial charge in [0.15, 0.2) is 17.4 Å². The van der Waals surface area contributed by atoms with E-state index in [4.69, 9.17) is 4.74 Å². The average Bonchev–Trinajstić information content (AvgIpc) is 3.09. The number of hydrogen-bond donors (Lipinski definition) is 1. The normalized spacial score (nSPS) is 11.6. The number of H-pyrrole nitrogens is 1. The molecule has 2 aromatic carbocycles. The summed E-state index contributed by atoms with van der Waals surface area (Å²) in [5, 5.41) is 5.91. The summed E-state index contributed by atoms with van der Waals surface area (Å²) in [7, 11) is 1.39. The van der Waals surface area contributed by atoms with E-state index in [0.717, 1.165) is 27.0 Å². The third-order valence-electron chi connectivity index (χ3n) is 5.24. The highest BCUT2D eigenvalue weighted by Crippen LogP contribution is 2.37. The van der Waals surface area contributed by atoms with Gasteiger partial charge >= 0.3 is 11.9 Å². The molecule has 34 heavy (non-hydrogen) atoms. The zero-order valence-electron chi connectivity index (χ0n) is 18.0. The fraction of sp³-hybridized carbons (Fsp3) is 0.174. The van der Waals surface area contributed by atoms with Gasteiger partial charge in [-0.1, -0.05) is 35.9 Å². The number of ether oxygens (including phenoxy) is 1. The van der Waals surface area contributed by atoms with Gasteiger partial charge in [-0.15, -0.1) is 0 Å². The Kier molecular flexibility index (Phi) is 5.86. The lowest BCUT2D eigenvalue weighted by atomic mass is 10.0. The molecule has 0 spiro atoms. The maximum Gasteiger partial charge on any atom is 0.420 e. The van der Waals surface area contributed by atoms with Crippen molar-refractivity contribution < 1.29 is 22.3 Å². The van der Waals surface area contributed by atoms with E-state index in [1.807, 2.05) is 19.1 Å². The number of nitrogens with zero attached hydrogens (tertiary/aromatic N) is 3. The van der Waals surface area contributed by atoms with Crippen LogP contribution < -0.4 is 16.0 Å². The monoisotopic (exact) mass is 474 g/mol. The first-order chi connectivity index (χ1) is 16.0. The largest absolute Gasteiger partial charge is 0.448 e. The lowest BCUT2D eigenvalue weighted by Gasteiger charge is -2.16. The van der Waals surface area contributed by atoms with Crippen molar-refractivity contribution in [2.24, 2.45) is 7.05 Å². The Balaban J connectivity index is 1.74. The summed E-state index contributed by atoms with van der Waals surface area (Å²) in [6, 6.07) is 11.7. The minimum absolute atomic E-state index is 0.103. The second-order valence-electron chi connectivity index (χ2n) is 7.61. The second kappa shape index (κ2) is 8.65. The van der Waals surface area contributed by atoms with Gasteiger partial charge in [0, 0.05) is 13.2 Å². The van der Waals surface area contributed by atoms with Gasteiger partial charge in [0.05, 0.1) is 6.54 Å². The molecule has 0 unspecified atom stereocenters. The maximum absolute atomic E-state index is 14.8.